The smallest absolute Gasteiger partial charge is 0.293 e. The van der Waals surface area contributed by atoms with E-state index in [2.05, 4.69) is 10.3 Å². The number of aromatic nitrogens is 1. The lowest BCUT2D eigenvalue weighted by atomic mass is 10.1. The highest BCUT2D eigenvalue weighted by Crippen LogP contribution is 2.32. The van der Waals surface area contributed by atoms with E-state index in [1.54, 1.807) is 24.5 Å². The van der Waals surface area contributed by atoms with Gasteiger partial charge in [-0.3, -0.25) is 15.1 Å². The Labute approximate surface area is 115 Å². The summed E-state index contributed by atoms with van der Waals surface area (Å²) < 4.78 is 0. The molecule has 19 heavy (non-hydrogen) atoms. The van der Waals surface area contributed by atoms with Crippen molar-refractivity contribution in [1.82, 2.24) is 4.98 Å². The number of nitrogens with zero attached hydrogens (tertiary/aromatic N) is 2. The second-order valence-electron chi connectivity index (χ2n) is 4.05. The van der Waals surface area contributed by atoms with Crippen molar-refractivity contribution in [2.24, 2.45) is 0 Å². The van der Waals surface area contributed by atoms with Gasteiger partial charge in [0, 0.05) is 25.0 Å². The van der Waals surface area contributed by atoms with Crippen LogP contribution in [0.1, 0.15) is 11.1 Å². The van der Waals surface area contributed by atoms with Crippen LogP contribution in [0.3, 0.4) is 0 Å². The van der Waals surface area contributed by atoms with Gasteiger partial charge in [-0.05, 0) is 30.2 Å². The van der Waals surface area contributed by atoms with E-state index in [0.29, 0.717) is 17.3 Å². The molecule has 0 saturated heterocycles. The van der Waals surface area contributed by atoms with Crippen molar-refractivity contribution in [3.63, 3.8) is 0 Å². The van der Waals surface area contributed by atoms with Crippen LogP contribution in [0, 0.1) is 17.0 Å². The lowest BCUT2D eigenvalue weighted by Gasteiger charge is -2.10. The van der Waals surface area contributed by atoms with Gasteiger partial charge >= 0.3 is 0 Å². The summed E-state index contributed by atoms with van der Waals surface area (Å²) in [5.41, 5.74) is 2.35. The zero-order valence-corrected chi connectivity index (χ0v) is 11.0. The fourth-order valence-corrected chi connectivity index (χ4v) is 1.96. The summed E-state index contributed by atoms with van der Waals surface area (Å²) in [5, 5.41) is 14.3. The third-order valence-electron chi connectivity index (χ3n) is 2.78. The number of nitro groups is 1. The van der Waals surface area contributed by atoms with E-state index in [9.17, 15) is 10.1 Å². The van der Waals surface area contributed by atoms with Crippen LogP contribution in [0.5, 0.6) is 0 Å². The molecule has 1 aromatic heterocycles. The van der Waals surface area contributed by atoms with Crippen LogP contribution >= 0.6 is 11.6 Å². The first-order chi connectivity index (χ1) is 9.09. The number of nitrogens with one attached hydrogen (secondary N) is 1. The van der Waals surface area contributed by atoms with Gasteiger partial charge in [-0.1, -0.05) is 17.7 Å². The highest BCUT2D eigenvalue weighted by Gasteiger charge is 2.16. The fourth-order valence-electron chi connectivity index (χ4n) is 1.72. The standard InChI is InChI=1S/C13H12ClN3O2/c1-9-7-15-6-5-10(9)8-16-13-11(14)3-2-4-12(13)17(18)19/h2-7,16H,8H2,1H3. The molecule has 0 aliphatic rings. The molecule has 0 aliphatic carbocycles. The number of para-hydroxylation sites is 1. The molecule has 0 aliphatic heterocycles. The zero-order valence-electron chi connectivity index (χ0n) is 10.3. The molecule has 1 heterocycles. The van der Waals surface area contributed by atoms with Gasteiger partial charge < -0.3 is 5.32 Å². The summed E-state index contributed by atoms with van der Waals surface area (Å²) >= 11 is 6.00. The molecule has 1 aromatic carbocycles. The first-order valence-corrected chi connectivity index (χ1v) is 6.03. The van der Waals surface area contributed by atoms with Crippen molar-refractivity contribution < 1.29 is 4.92 Å². The Kier molecular flexibility index (Phi) is 3.97. The molecule has 0 bridgehead atoms. The van der Waals surface area contributed by atoms with Crippen LogP contribution in [0.15, 0.2) is 36.7 Å². The third kappa shape index (κ3) is 3.00. The zero-order chi connectivity index (χ0) is 13.8. The quantitative estimate of drug-likeness (QED) is 0.685. The van der Waals surface area contributed by atoms with Crippen LogP contribution in [0.25, 0.3) is 0 Å². The van der Waals surface area contributed by atoms with E-state index in [1.807, 2.05) is 13.0 Å². The van der Waals surface area contributed by atoms with Gasteiger partial charge in [-0.2, -0.15) is 0 Å². The van der Waals surface area contributed by atoms with E-state index in [-0.39, 0.29) is 5.69 Å². The third-order valence-corrected chi connectivity index (χ3v) is 3.10. The minimum Gasteiger partial charge on any atom is -0.374 e. The molecule has 0 saturated carbocycles. The summed E-state index contributed by atoms with van der Waals surface area (Å²) in [5.74, 6) is 0. The number of pyridine rings is 1. The lowest BCUT2D eigenvalue weighted by Crippen LogP contribution is -2.04. The van der Waals surface area contributed by atoms with Crippen molar-refractivity contribution in [2.45, 2.75) is 13.5 Å². The highest BCUT2D eigenvalue weighted by atomic mass is 35.5. The number of benzene rings is 1. The number of anilines is 1. The largest absolute Gasteiger partial charge is 0.374 e. The van der Waals surface area contributed by atoms with Crippen LogP contribution in [0.4, 0.5) is 11.4 Å². The molecule has 0 atom stereocenters. The number of aryl methyl sites for hydroxylation is 1. The van der Waals surface area contributed by atoms with Gasteiger partial charge in [-0.15, -0.1) is 0 Å². The van der Waals surface area contributed by atoms with Gasteiger partial charge in [0.25, 0.3) is 5.69 Å². The van der Waals surface area contributed by atoms with Crippen LogP contribution in [-0.2, 0) is 6.54 Å². The van der Waals surface area contributed by atoms with Gasteiger partial charge in [0.15, 0.2) is 0 Å². The average molecular weight is 278 g/mol. The Hall–Kier alpha value is -2.14. The van der Waals surface area contributed by atoms with E-state index >= 15 is 0 Å². The maximum atomic E-state index is 10.9. The minimum absolute atomic E-state index is 0.0285. The first-order valence-electron chi connectivity index (χ1n) is 5.66. The maximum Gasteiger partial charge on any atom is 0.293 e. The molecular weight excluding hydrogens is 266 g/mol. The summed E-state index contributed by atoms with van der Waals surface area (Å²) in [4.78, 5) is 14.5. The van der Waals surface area contributed by atoms with Crippen molar-refractivity contribution in [3.05, 3.63) is 62.9 Å². The molecule has 2 rings (SSSR count). The number of nitro benzene ring substituents is 1. The molecule has 0 amide bonds. The van der Waals surface area contributed by atoms with Crippen molar-refractivity contribution in [1.29, 1.82) is 0 Å². The van der Waals surface area contributed by atoms with Crippen molar-refractivity contribution >= 4 is 23.0 Å². The Morgan fingerprint density at radius 3 is 2.89 bits per heavy atom. The van der Waals surface area contributed by atoms with Crippen LogP contribution < -0.4 is 5.32 Å². The van der Waals surface area contributed by atoms with Gasteiger partial charge in [0.1, 0.15) is 5.69 Å². The number of halogens is 1. The van der Waals surface area contributed by atoms with Crippen LogP contribution in [-0.4, -0.2) is 9.91 Å². The number of rotatable bonds is 4. The topological polar surface area (TPSA) is 68.1 Å². The Morgan fingerprint density at radius 1 is 1.42 bits per heavy atom. The predicted molar refractivity (Wildman–Crippen MR) is 74.4 cm³/mol. The minimum atomic E-state index is -0.451. The summed E-state index contributed by atoms with van der Waals surface area (Å²) in [6.45, 7) is 2.39. The number of hydrogen-bond acceptors (Lipinski definition) is 4. The van der Waals surface area contributed by atoms with Crippen molar-refractivity contribution in [2.75, 3.05) is 5.32 Å². The molecule has 0 unspecified atom stereocenters. The fraction of sp³-hybridized carbons (Fsp3) is 0.154. The monoisotopic (exact) mass is 277 g/mol. The Balaban J connectivity index is 2.25. The first kappa shape index (κ1) is 13.3. The Bertz CT molecular complexity index is 617. The van der Waals surface area contributed by atoms with E-state index < -0.39 is 4.92 Å². The van der Waals surface area contributed by atoms with Gasteiger partial charge in [-0.25, -0.2) is 0 Å². The molecule has 6 heteroatoms. The van der Waals surface area contributed by atoms with Gasteiger partial charge in [0.2, 0.25) is 0 Å². The SMILES string of the molecule is Cc1cnccc1CNc1c(Cl)cccc1[N+](=O)[O-]. The normalized spacial score (nSPS) is 10.2. The molecule has 0 radical (unpaired) electrons. The second kappa shape index (κ2) is 5.67. The molecule has 5 nitrogen and oxygen atoms in total. The predicted octanol–water partition coefficient (Wildman–Crippen LogP) is 3.56. The van der Waals surface area contributed by atoms with E-state index in [0.717, 1.165) is 11.1 Å². The Morgan fingerprint density at radius 2 is 2.21 bits per heavy atom. The summed E-state index contributed by atoms with van der Waals surface area (Å²) in [6.07, 6.45) is 3.43. The molecule has 2 aromatic rings. The van der Waals surface area contributed by atoms with Crippen LogP contribution in [0.2, 0.25) is 5.02 Å². The van der Waals surface area contributed by atoms with E-state index in [1.165, 1.54) is 6.07 Å². The molecule has 98 valence electrons. The molecule has 0 fully saturated rings. The molecule has 0 spiro atoms. The van der Waals surface area contributed by atoms with Gasteiger partial charge in [0.05, 0.1) is 9.95 Å². The summed E-state index contributed by atoms with van der Waals surface area (Å²) in [6, 6.07) is 6.47. The molecular formula is C13H12ClN3O2. The summed E-state index contributed by atoms with van der Waals surface area (Å²) in [7, 11) is 0. The average Bonchev–Trinajstić information content (AvgIpc) is 2.38. The van der Waals surface area contributed by atoms with E-state index in [4.69, 9.17) is 11.6 Å². The second-order valence-corrected chi connectivity index (χ2v) is 4.45. The van der Waals surface area contributed by atoms with Crippen molar-refractivity contribution in [3.8, 4) is 0 Å². The number of hydrogen-bond donors (Lipinski definition) is 1. The molecule has 1 N–H and O–H groups in total. The highest BCUT2D eigenvalue weighted by molar-refractivity contribution is 6.33. The maximum absolute atomic E-state index is 10.9. The lowest BCUT2D eigenvalue weighted by molar-refractivity contribution is -0.383.